The van der Waals surface area contributed by atoms with E-state index in [1.54, 1.807) is 0 Å². The van der Waals surface area contributed by atoms with E-state index >= 15 is 0 Å². The number of rotatable bonds is 4. The van der Waals surface area contributed by atoms with Crippen LogP contribution in [0.2, 0.25) is 0 Å². The molecule has 0 aromatic rings. The second kappa shape index (κ2) is 5.69. The van der Waals surface area contributed by atoms with Crippen LogP contribution in [0, 0.1) is 11.3 Å². The number of nitriles is 1. The first-order valence-electron chi connectivity index (χ1n) is 5.28. The SMILES string of the molecule is CC(C#N)N1CCN(CCC(N)=O)CC1. The van der Waals surface area contributed by atoms with Crippen molar-refractivity contribution >= 4 is 5.91 Å². The van der Waals surface area contributed by atoms with Gasteiger partial charge in [0.05, 0.1) is 12.1 Å². The molecule has 0 saturated carbocycles. The standard InChI is InChI=1S/C10H18N4O/c1-9(8-11)14-6-4-13(5-7-14)3-2-10(12)15/h9H,2-7H2,1H3,(H2,12,15). The van der Waals surface area contributed by atoms with E-state index in [1.165, 1.54) is 0 Å². The predicted molar refractivity (Wildman–Crippen MR) is 56.9 cm³/mol. The summed E-state index contributed by atoms with van der Waals surface area (Å²) in [7, 11) is 0. The number of nitrogens with two attached hydrogens (primary N) is 1. The molecule has 5 heteroatoms. The van der Waals surface area contributed by atoms with E-state index in [2.05, 4.69) is 15.9 Å². The van der Waals surface area contributed by atoms with Gasteiger partial charge in [0.1, 0.15) is 0 Å². The molecule has 0 radical (unpaired) electrons. The normalized spacial score (nSPS) is 20.8. The molecular weight excluding hydrogens is 192 g/mol. The predicted octanol–water partition coefficient (Wildman–Crippen LogP) is -0.609. The highest BCUT2D eigenvalue weighted by Crippen LogP contribution is 2.05. The lowest BCUT2D eigenvalue weighted by molar-refractivity contribution is -0.118. The van der Waals surface area contributed by atoms with Crippen molar-refractivity contribution in [1.82, 2.24) is 9.80 Å². The number of amides is 1. The van der Waals surface area contributed by atoms with Crippen LogP contribution in [0.1, 0.15) is 13.3 Å². The van der Waals surface area contributed by atoms with Gasteiger partial charge in [-0.1, -0.05) is 0 Å². The maximum Gasteiger partial charge on any atom is 0.218 e. The number of primary amides is 1. The highest BCUT2D eigenvalue weighted by atomic mass is 16.1. The second-order valence-corrected chi connectivity index (χ2v) is 3.90. The number of hydrogen-bond donors (Lipinski definition) is 1. The zero-order valence-corrected chi connectivity index (χ0v) is 9.15. The fourth-order valence-corrected chi connectivity index (χ4v) is 1.72. The Morgan fingerprint density at radius 1 is 1.47 bits per heavy atom. The van der Waals surface area contributed by atoms with Gasteiger partial charge in [-0.2, -0.15) is 5.26 Å². The van der Waals surface area contributed by atoms with Crippen molar-refractivity contribution < 1.29 is 4.79 Å². The molecule has 1 saturated heterocycles. The van der Waals surface area contributed by atoms with Gasteiger partial charge < -0.3 is 10.6 Å². The van der Waals surface area contributed by atoms with Crippen LogP contribution in [0.3, 0.4) is 0 Å². The van der Waals surface area contributed by atoms with Gasteiger partial charge in [-0.15, -0.1) is 0 Å². The first-order valence-corrected chi connectivity index (χ1v) is 5.28. The Morgan fingerprint density at radius 2 is 2.07 bits per heavy atom. The average Bonchev–Trinajstić information content (AvgIpc) is 2.26. The maximum absolute atomic E-state index is 10.6. The van der Waals surface area contributed by atoms with Crippen LogP contribution >= 0.6 is 0 Å². The molecule has 2 N–H and O–H groups in total. The molecule has 1 heterocycles. The molecule has 15 heavy (non-hydrogen) atoms. The van der Waals surface area contributed by atoms with Crippen molar-refractivity contribution in [2.45, 2.75) is 19.4 Å². The zero-order chi connectivity index (χ0) is 11.3. The van der Waals surface area contributed by atoms with Crippen molar-refractivity contribution in [3.8, 4) is 6.07 Å². The van der Waals surface area contributed by atoms with Gasteiger partial charge in [-0.05, 0) is 6.92 Å². The van der Waals surface area contributed by atoms with Crippen LogP contribution in [0.15, 0.2) is 0 Å². The summed E-state index contributed by atoms with van der Waals surface area (Å²) in [5, 5.41) is 8.76. The first kappa shape index (κ1) is 12.0. The molecule has 1 atom stereocenters. The Labute approximate surface area is 90.4 Å². The highest BCUT2D eigenvalue weighted by Gasteiger charge is 2.20. The first-order chi connectivity index (χ1) is 7.13. The van der Waals surface area contributed by atoms with Crippen molar-refractivity contribution in [2.24, 2.45) is 5.73 Å². The van der Waals surface area contributed by atoms with Crippen LogP contribution in [-0.2, 0) is 4.79 Å². The van der Waals surface area contributed by atoms with Gasteiger partial charge >= 0.3 is 0 Å². The highest BCUT2D eigenvalue weighted by molar-refractivity contribution is 5.73. The summed E-state index contributed by atoms with van der Waals surface area (Å²) in [4.78, 5) is 15.0. The van der Waals surface area contributed by atoms with E-state index in [9.17, 15) is 4.79 Å². The molecule has 0 spiro atoms. The zero-order valence-electron chi connectivity index (χ0n) is 9.15. The van der Waals surface area contributed by atoms with Crippen LogP contribution in [-0.4, -0.2) is 54.5 Å². The molecule has 1 rings (SSSR count). The maximum atomic E-state index is 10.6. The van der Waals surface area contributed by atoms with Crippen molar-refractivity contribution in [1.29, 1.82) is 5.26 Å². The van der Waals surface area contributed by atoms with Crippen LogP contribution in [0.5, 0.6) is 0 Å². The molecule has 1 unspecified atom stereocenters. The number of nitrogens with zero attached hydrogens (tertiary/aromatic N) is 3. The summed E-state index contributed by atoms with van der Waals surface area (Å²) >= 11 is 0. The molecule has 1 amide bonds. The van der Waals surface area contributed by atoms with Crippen LogP contribution < -0.4 is 5.73 Å². The van der Waals surface area contributed by atoms with Gasteiger partial charge in [0.25, 0.3) is 0 Å². The average molecular weight is 210 g/mol. The number of carbonyl (C=O) groups is 1. The molecule has 1 aliphatic rings. The van der Waals surface area contributed by atoms with E-state index in [0.29, 0.717) is 6.42 Å². The molecular formula is C10H18N4O. The number of hydrogen-bond acceptors (Lipinski definition) is 4. The minimum Gasteiger partial charge on any atom is -0.370 e. The van der Waals surface area contributed by atoms with E-state index in [1.807, 2.05) is 6.92 Å². The lowest BCUT2D eigenvalue weighted by atomic mass is 10.2. The Bertz CT molecular complexity index is 253. The summed E-state index contributed by atoms with van der Waals surface area (Å²) in [5.41, 5.74) is 5.09. The van der Waals surface area contributed by atoms with Crippen molar-refractivity contribution in [3.63, 3.8) is 0 Å². The molecule has 0 aromatic carbocycles. The third kappa shape index (κ3) is 3.86. The van der Waals surface area contributed by atoms with Gasteiger partial charge in [0.15, 0.2) is 0 Å². The molecule has 1 fully saturated rings. The lowest BCUT2D eigenvalue weighted by Crippen LogP contribution is -2.49. The monoisotopic (exact) mass is 210 g/mol. The minimum absolute atomic E-state index is 0.0108. The lowest BCUT2D eigenvalue weighted by Gasteiger charge is -2.35. The Kier molecular flexibility index (Phi) is 4.53. The summed E-state index contributed by atoms with van der Waals surface area (Å²) in [6, 6.07) is 2.22. The van der Waals surface area contributed by atoms with Gasteiger partial charge in [-0.25, -0.2) is 0 Å². The quantitative estimate of drug-likeness (QED) is 0.672. The van der Waals surface area contributed by atoms with E-state index in [-0.39, 0.29) is 11.9 Å². The molecule has 0 aliphatic carbocycles. The Morgan fingerprint density at radius 3 is 2.53 bits per heavy atom. The molecule has 5 nitrogen and oxygen atoms in total. The van der Waals surface area contributed by atoms with Crippen molar-refractivity contribution in [2.75, 3.05) is 32.7 Å². The molecule has 0 bridgehead atoms. The third-order valence-corrected chi connectivity index (χ3v) is 2.82. The Balaban J connectivity index is 2.24. The number of carbonyl (C=O) groups excluding carboxylic acids is 1. The Hall–Kier alpha value is -1.12. The van der Waals surface area contributed by atoms with Gasteiger partial charge in [-0.3, -0.25) is 9.69 Å². The van der Waals surface area contributed by atoms with Crippen LogP contribution in [0.25, 0.3) is 0 Å². The second-order valence-electron chi connectivity index (χ2n) is 3.90. The van der Waals surface area contributed by atoms with Crippen LogP contribution in [0.4, 0.5) is 0 Å². The van der Waals surface area contributed by atoms with E-state index < -0.39 is 0 Å². The van der Waals surface area contributed by atoms with E-state index in [4.69, 9.17) is 11.0 Å². The summed E-state index contributed by atoms with van der Waals surface area (Å²) < 4.78 is 0. The molecule has 0 aromatic heterocycles. The summed E-state index contributed by atoms with van der Waals surface area (Å²) in [5.74, 6) is -0.247. The van der Waals surface area contributed by atoms with Crippen molar-refractivity contribution in [3.05, 3.63) is 0 Å². The third-order valence-electron chi connectivity index (χ3n) is 2.82. The molecule has 1 aliphatic heterocycles. The largest absolute Gasteiger partial charge is 0.370 e. The summed E-state index contributed by atoms with van der Waals surface area (Å²) in [6.45, 7) is 6.28. The smallest absolute Gasteiger partial charge is 0.218 e. The number of piperazine rings is 1. The fourth-order valence-electron chi connectivity index (χ4n) is 1.72. The fraction of sp³-hybridized carbons (Fsp3) is 0.800. The molecule has 84 valence electrons. The topological polar surface area (TPSA) is 73.4 Å². The minimum atomic E-state index is -0.247. The summed E-state index contributed by atoms with van der Waals surface area (Å²) in [6.07, 6.45) is 0.424. The van der Waals surface area contributed by atoms with Gasteiger partial charge in [0, 0.05) is 39.1 Å². The van der Waals surface area contributed by atoms with E-state index in [0.717, 1.165) is 32.7 Å². The van der Waals surface area contributed by atoms with Gasteiger partial charge in [0.2, 0.25) is 5.91 Å².